The minimum absolute atomic E-state index is 0.421. The third-order valence-corrected chi connectivity index (χ3v) is 3.16. The Morgan fingerprint density at radius 2 is 1.85 bits per heavy atom. The maximum atomic E-state index is 8.48. The van der Waals surface area contributed by atoms with E-state index in [1.54, 1.807) is 18.2 Å². The number of rotatable bonds is 4. The molecule has 0 aliphatic rings. The summed E-state index contributed by atoms with van der Waals surface area (Å²) in [6.07, 6.45) is 3.09. The van der Waals surface area contributed by atoms with Crippen LogP contribution in [0.1, 0.15) is 11.1 Å². The van der Waals surface area contributed by atoms with Gasteiger partial charge in [0.05, 0.1) is 11.1 Å². The lowest BCUT2D eigenvalue weighted by Crippen LogP contribution is -1.95. The third kappa shape index (κ3) is 4.03. The van der Waals surface area contributed by atoms with E-state index in [0.717, 1.165) is 11.1 Å². The first-order valence-electron chi connectivity index (χ1n) is 5.92. The van der Waals surface area contributed by atoms with Crippen molar-refractivity contribution in [3.8, 4) is 11.8 Å². The van der Waals surface area contributed by atoms with Gasteiger partial charge in [0.25, 0.3) is 0 Å². The van der Waals surface area contributed by atoms with Crippen LogP contribution in [0.5, 0.6) is 5.75 Å². The van der Waals surface area contributed by atoms with Gasteiger partial charge in [0.2, 0.25) is 0 Å². The number of nitrogens with zero attached hydrogens (tertiary/aromatic N) is 1. The molecule has 2 aromatic rings. The fourth-order valence-corrected chi connectivity index (χ4v) is 1.98. The monoisotopic (exact) mass is 303 g/mol. The molecule has 0 saturated heterocycles. The Labute approximate surface area is 127 Å². The number of halogens is 2. The highest BCUT2D eigenvalue weighted by atomic mass is 35.5. The molecule has 0 aliphatic carbocycles. The smallest absolute Gasteiger partial charge is 0.138 e. The van der Waals surface area contributed by atoms with Gasteiger partial charge in [-0.3, -0.25) is 0 Å². The molecule has 4 heteroatoms. The zero-order chi connectivity index (χ0) is 14.4. The number of ether oxygens (including phenoxy) is 1. The van der Waals surface area contributed by atoms with Gasteiger partial charge < -0.3 is 4.74 Å². The number of benzene rings is 2. The number of allylic oxidation sites excluding steroid dienone is 1. The lowest BCUT2D eigenvalue weighted by Gasteiger charge is -2.08. The van der Waals surface area contributed by atoms with E-state index in [0.29, 0.717) is 22.4 Å². The molecule has 0 bridgehead atoms. The summed E-state index contributed by atoms with van der Waals surface area (Å²) in [6.45, 7) is 0.421. The topological polar surface area (TPSA) is 33.0 Å². The number of nitriles is 1. The van der Waals surface area contributed by atoms with Crippen molar-refractivity contribution in [2.75, 3.05) is 0 Å². The van der Waals surface area contributed by atoms with Crippen LogP contribution in [0.4, 0.5) is 0 Å². The molecule has 0 unspecified atom stereocenters. The second-order valence-corrected chi connectivity index (χ2v) is 4.91. The molecule has 0 radical (unpaired) electrons. The van der Waals surface area contributed by atoms with Gasteiger partial charge in [-0.2, -0.15) is 5.26 Å². The van der Waals surface area contributed by atoms with Gasteiger partial charge in [-0.15, -0.1) is 0 Å². The maximum Gasteiger partial charge on any atom is 0.138 e. The SMILES string of the molecule is N#CC=Cc1ccc(OCc2ccc(Cl)cc2)c(Cl)c1. The summed E-state index contributed by atoms with van der Waals surface area (Å²) < 4.78 is 5.66. The van der Waals surface area contributed by atoms with Gasteiger partial charge in [-0.05, 0) is 41.5 Å². The van der Waals surface area contributed by atoms with Crippen LogP contribution in [0.25, 0.3) is 6.08 Å². The van der Waals surface area contributed by atoms with E-state index in [9.17, 15) is 0 Å². The molecule has 20 heavy (non-hydrogen) atoms. The number of hydrogen-bond donors (Lipinski definition) is 0. The molecule has 2 aromatic carbocycles. The summed E-state index contributed by atoms with van der Waals surface area (Å²) in [5.41, 5.74) is 1.87. The van der Waals surface area contributed by atoms with E-state index in [4.69, 9.17) is 33.2 Å². The van der Waals surface area contributed by atoms with Crippen LogP contribution in [-0.2, 0) is 6.61 Å². The van der Waals surface area contributed by atoms with Crippen LogP contribution >= 0.6 is 23.2 Å². The maximum absolute atomic E-state index is 8.48. The quantitative estimate of drug-likeness (QED) is 0.735. The van der Waals surface area contributed by atoms with Crippen molar-refractivity contribution in [2.24, 2.45) is 0 Å². The highest BCUT2D eigenvalue weighted by molar-refractivity contribution is 6.32. The van der Waals surface area contributed by atoms with E-state index >= 15 is 0 Å². The average Bonchev–Trinajstić information content (AvgIpc) is 2.46. The van der Waals surface area contributed by atoms with Crippen molar-refractivity contribution in [2.45, 2.75) is 6.61 Å². The van der Waals surface area contributed by atoms with Crippen molar-refractivity contribution in [1.82, 2.24) is 0 Å². The molecule has 100 valence electrons. The number of hydrogen-bond acceptors (Lipinski definition) is 2. The Morgan fingerprint density at radius 1 is 1.10 bits per heavy atom. The molecule has 0 amide bonds. The van der Waals surface area contributed by atoms with Gasteiger partial charge >= 0.3 is 0 Å². The van der Waals surface area contributed by atoms with Gasteiger partial charge in [0.15, 0.2) is 0 Å². The third-order valence-electron chi connectivity index (χ3n) is 2.61. The zero-order valence-corrected chi connectivity index (χ0v) is 12.0. The predicted molar refractivity (Wildman–Crippen MR) is 81.9 cm³/mol. The summed E-state index contributed by atoms with van der Waals surface area (Å²) in [4.78, 5) is 0. The molecule has 0 fully saturated rings. The van der Waals surface area contributed by atoms with E-state index in [-0.39, 0.29) is 0 Å². The fourth-order valence-electron chi connectivity index (χ4n) is 1.61. The Balaban J connectivity index is 2.05. The van der Waals surface area contributed by atoms with E-state index in [1.165, 1.54) is 6.08 Å². The standard InChI is InChI=1S/C16H11Cl2NO/c17-14-6-3-13(4-7-14)11-20-16-8-5-12(2-1-9-19)10-15(16)18/h1-8,10H,11H2. The highest BCUT2D eigenvalue weighted by Crippen LogP contribution is 2.27. The van der Waals surface area contributed by atoms with Crippen LogP contribution in [0.15, 0.2) is 48.5 Å². The van der Waals surface area contributed by atoms with Gasteiger partial charge in [0.1, 0.15) is 12.4 Å². The van der Waals surface area contributed by atoms with E-state index in [2.05, 4.69) is 0 Å². The molecule has 0 N–H and O–H groups in total. The first-order valence-corrected chi connectivity index (χ1v) is 6.67. The van der Waals surface area contributed by atoms with Crippen LogP contribution in [0.3, 0.4) is 0 Å². The lowest BCUT2D eigenvalue weighted by molar-refractivity contribution is 0.306. The minimum Gasteiger partial charge on any atom is -0.487 e. The van der Waals surface area contributed by atoms with Crippen molar-refractivity contribution < 1.29 is 4.74 Å². The van der Waals surface area contributed by atoms with Crippen molar-refractivity contribution >= 4 is 29.3 Å². The molecular formula is C16H11Cl2NO. The zero-order valence-electron chi connectivity index (χ0n) is 10.5. The summed E-state index contributed by atoms with van der Waals surface area (Å²) in [5.74, 6) is 0.607. The Hall–Kier alpha value is -1.95. The molecule has 0 aliphatic heterocycles. The van der Waals surface area contributed by atoms with Crippen molar-refractivity contribution in [3.05, 3.63) is 69.7 Å². The van der Waals surface area contributed by atoms with Crippen LogP contribution in [0, 0.1) is 11.3 Å². The van der Waals surface area contributed by atoms with Crippen LogP contribution in [-0.4, -0.2) is 0 Å². The van der Waals surface area contributed by atoms with E-state index < -0.39 is 0 Å². The van der Waals surface area contributed by atoms with Gasteiger partial charge in [0, 0.05) is 11.1 Å². The molecule has 2 rings (SSSR count). The fraction of sp³-hybridized carbons (Fsp3) is 0.0625. The molecular weight excluding hydrogens is 293 g/mol. The summed E-state index contributed by atoms with van der Waals surface area (Å²) >= 11 is 12.0. The predicted octanol–water partition coefficient (Wildman–Crippen LogP) is 5.11. The average molecular weight is 304 g/mol. The first-order chi connectivity index (χ1) is 9.69. The summed E-state index contributed by atoms with van der Waals surface area (Å²) in [7, 11) is 0. The second kappa shape index (κ2) is 7.00. The molecule has 0 saturated carbocycles. The molecule has 0 aromatic heterocycles. The lowest BCUT2D eigenvalue weighted by atomic mass is 10.2. The molecule has 2 nitrogen and oxygen atoms in total. The van der Waals surface area contributed by atoms with Crippen LogP contribution in [0.2, 0.25) is 10.0 Å². The van der Waals surface area contributed by atoms with Crippen molar-refractivity contribution in [3.63, 3.8) is 0 Å². The van der Waals surface area contributed by atoms with Gasteiger partial charge in [-0.1, -0.05) is 41.4 Å². The first kappa shape index (κ1) is 14.5. The second-order valence-electron chi connectivity index (χ2n) is 4.07. The molecule has 0 spiro atoms. The highest BCUT2D eigenvalue weighted by Gasteiger charge is 2.03. The normalized spacial score (nSPS) is 10.4. The summed E-state index contributed by atoms with van der Waals surface area (Å²) in [5, 5.41) is 9.69. The Bertz CT molecular complexity index is 657. The Morgan fingerprint density at radius 3 is 2.50 bits per heavy atom. The van der Waals surface area contributed by atoms with Crippen molar-refractivity contribution in [1.29, 1.82) is 5.26 Å². The summed E-state index contributed by atoms with van der Waals surface area (Å²) in [6, 6.07) is 14.8. The largest absolute Gasteiger partial charge is 0.487 e. The van der Waals surface area contributed by atoms with Crippen LogP contribution < -0.4 is 4.74 Å². The molecule has 0 heterocycles. The minimum atomic E-state index is 0.421. The Kier molecular flexibility index (Phi) is 5.06. The molecule has 0 atom stereocenters. The van der Waals surface area contributed by atoms with E-state index in [1.807, 2.05) is 36.4 Å². The van der Waals surface area contributed by atoms with Gasteiger partial charge in [-0.25, -0.2) is 0 Å².